The highest BCUT2D eigenvalue weighted by Crippen LogP contribution is 2.38. The van der Waals surface area contributed by atoms with Gasteiger partial charge in [-0.3, -0.25) is 10.1 Å². The Morgan fingerprint density at radius 2 is 1.80 bits per heavy atom. The zero-order valence-electron chi connectivity index (χ0n) is 21.0. The molecule has 3 aromatic carbocycles. The summed E-state index contributed by atoms with van der Waals surface area (Å²) in [5.41, 5.74) is -1.48. The number of ether oxygens (including phenoxy) is 2. The zero-order chi connectivity index (χ0) is 29.9. The number of nitro groups is 1. The summed E-state index contributed by atoms with van der Waals surface area (Å²) in [7, 11) is -1.60. The summed E-state index contributed by atoms with van der Waals surface area (Å²) in [5, 5.41) is 14.2. The third-order valence-corrected chi connectivity index (χ3v) is 8.54. The average molecular weight is 630 g/mol. The summed E-state index contributed by atoms with van der Waals surface area (Å²) in [6.07, 6.45) is -3.48. The monoisotopic (exact) mass is 629 g/mol. The van der Waals surface area contributed by atoms with Gasteiger partial charge >= 0.3 is 6.18 Å². The lowest BCUT2D eigenvalue weighted by atomic mass is 10.2. The maximum atomic E-state index is 13.8. The summed E-state index contributed by atoms with van der Waals surface area (Å²) in [6, 6.07) is 10.3. The predicted octanol–water partition coefficient (Wildman–Crippen LogP) is 6.27. The molecule has 0 aliphatic carbocycles. The van der Waals surface area contributed by atoms with E-state index in [-0.39, 0.29) is 28.1 Å². The van der Waals surface area contributed by atoms with Crippen LogP contribution >= 0.6 is 23.1 Å². The number of hydrogen-bond acceptors (Lipinski definition) is 10. The van der Waals surface area contributed by atoms with E-state index in [1.54, 1.807) is 18.2 Å². The van der Waals surface area contributed by atoms with E-state index in [9.17, 15) is 31.7 Å². The van der Waals surface area contributed by atoms with Crippen LogP contribution in [0.2, 0.25) is 5.02 Å². The Morgan fingerprint density at radius 1 is 1.07 bits per heavy atom. The summed E-state index contributed by atoms with van der Waals surface area (Å²) in [6.45, 7) is -0.264. The molecule has 0 radical (unpaired) electrons. The number of anilines is 3. The number of nitrogens with one attached hydrogen (secondary N) is 1. The lowest BCUT2D eigenvalue weighted by Crippen LogP contribution is -2.30. The first kappa shape index (κ1) is 29.8. The van der Waals surface area contributed by atoms with E-state index < -0.39 is 37.3 Å². The second-order valence-electron chi connectivity index (χ2n) is 8.17. The molecule has 0 aliphatic heterocycles. The summed E-state index contributed by atoms with van der Waals surface area (Å²) >= 11 is 6.77. The largest absolute Gasteiger partial charge is 0.497 e. The molecule has 0 unspecified atom stereocenters. The minimum Gasteiger partial charge on any atom is -0.497 e. The van der Waals surface area contributed by atoms with E-state index in [1.165, 1.54) is 14.2 Å². The number of benzene rings is 3. The molecule has 0 spiro atoms. The average Bonchev–Trinajstić information content (AvgIpc) is 3.46. The van der Waals surface area contributed by atoms with Gasteiger partial charge in [0.25, 0.3) is 15.7 Å². The standard InChI is InChI=1S/C24H19ClF3N5O6S2/c1-38-16-5-3-14(22(10-16)39-2)12-32(23-29-13-30-40-23)41(36,37)17-6-8-20(21(11-17)33(34)35)31-19-7-4-15(9-18(19)25)24(26,27)28/h3-11,13,31H,12H2,1-2H3. The van der Waals surface area contributed by atoms with Crippen molar-refractivity contribution < 1.29 is 36.0 Å². The van der Waals surface area contributed by atoms with Crippen LogP contribution < -0.4 is 19.1 Å². The highest BCUT2D eigenvalue weighted by Gasteiger charge is 2.32. The van der Waals surface area contributed by atoms with Crippen molar-refractivity contribution in [2.75, 3.05) is 23.8 Å². The smallest absolute Gasteiger partial charge is 0.416 e. The molecule has 4 rings (SSSR count). The highest BCUT2D eigenvalue weighted by atomic mass is 35.5. The van der Waals surface area contributed by atoms with Gasteiger partial charge in [-0.1, -0.05) is 11.6 Å². The van der Waals surface area contributed by atoms with E-state index in [0.29, 0.717) is 23.1 Å². The number of alkyl halides is 3. The molecule has 17 heteroatoms. The molecule has 1 heterocycles. The van der Waals surface area contributed by atoms with Crippen LogP contribution in [0.1, 0.15) is 11.1 Å². The van der Waals surface area contributed by atoms with Gasteiger partial charge in [0, 0.05) is 29.2 Å². The SMILES string of the molecule is COc1ccc(CN(c2ncns2)S(=O)(=O)c2ccc(Nc3ccc(C(F)(F)F)cc3Cl)c([N+](=O)[O-])c2)c(OC)c1. The van der Waals surface area contributed by atoms with Gasteiger partial charge in [-0.2, -0.15) is 17.5 Å². The first-order valence-electron chi connectivity index (χ1n) is 11.3. The van der Waals surface area contributed by atoms with Crippen LogP contribution in [-0.4, -0.2) is 36.9 Å². The van der Waals surface area contributed by atoms with Gasteiger partial charge in [0.1, 0.15) is 23.5 Å². The number of sulfonamides is 1. The number of rotatable bonds is 10. The van der Waals surface area contributed by atoms with Crippen LogP contribution in [0.4, 0.5) is 35.4 Å². The number of nitrogens with zero attached hydrogens (tertiary/aromatic N) is 4. The Morgan fingerprint density at radius 3 is 2.39 bits per heavy atom. The molecular weight excluding hydrogens is 611 g/mol. The molecule has 4 aromatic rings. The van der Waals surface area contributed by atoms with E-state index in [0.717, 1.165) is 52.5 Å². The molecule has 0 bridgehead atoms. The van der Waals surface area contributed by atoms with Crippen molar-refractivity contribution in [3.63, 3.8) is 0 Å². The Kier molecular flexibility index (Phi) is 8.55. The van der Waals surface area contributed by atoms with Gasteiger partial charge in [0.15, 0.2) is 0 Å². The summed E-state index contributed by atoms with van der Waals surface area (Å²) in [5.74, 6) is 0.802. The predicted molar refractivity (Wildman–Crippen MR) is 146 cm³/mol. The third-order valence-electron chi connectivity index (χ3n) is 5.69. The van der Waals surface area contributed by atoms with Crippen LogP contribution in [-0.2, 0) is 22.7 Å². The molecule has 1 N–H and O–H groups in total. The fourth-order valence-electron chi connectivity index (χ4n) is 3.66. The molecule has 0 atom stereocenters. The first-order chi connectivity index (χ1) is 19.3. The van der Waals surface area contributed by atoms with Crippen LogP contribution in [0.3, 0.4) is 0 Å². The molecule has 11 nitrogen and oxygen atoms in total. The Labute approximate surface area is 240 Å². The number of halogens is 4. The zero-order valence-corrected chi connectivity index (χ0v) is 23.4. The summed E-state index contributed by atoms with van der Waals surface area (Å²) in [4.78, 5) is 14.6. The molecular formula is C24H19ClF3N5O6S2. The van der Waals surface area contributed by atoms with Gasteiger partial charge in [-0.05, 0) is 42.5 Å². The van der Waals surface area contributed by atoms with Crippen LogP contribution in [0, 0.1) is 10.1 Å². The molecule has 0 aliphatic rings. The topological polar surface area (TPSA) is 137 Å². The molecule has 0 saturated carbocycles. The van der Waals surface area contributed by atoms with Crippen molar-refractivity contribution in [1.29, 1.82) is 0 Å². The van der Waals surface area contributed by atoms with E-state index in [4.69, 9.17) is 21.1 Å². The molecule has 41 heavy (non-hydrogen) atoms. The molecule has 0 fully saturated rings. The Balaban J connectivity index is 1.73. The number of methoxy groups -OCH3 is 2. The Hall–Kier alpha value is -4.15. The fourth-order valence-corrected chi connectivity index (χ4v) is 6.04. The minimum absolute atomic E-state index is 0.00994. The van der Waals surface area contributed by atoms with Gasteiger partial charge in [0.2, 0.25) is 5.13 Å². The van der Waals surface area contributed by atoms with Crippen molar-refractivity contribution in [2.24, 2.45) is 0 Å². The first-order valence-corrected chi connectivity index (χ1v) is 13.9. The van der Waals surface area contributed by atoms with Crippen molar-refractivity contribution in [3.05, 3.63) is 87.2 Å². The molecule has 0 saturated heterocycles. The van der Waals surface area contributed by atoms with Gasteiger partial charge in [-0.25, -0.2) is 17.7 Å². The molecule has 0 amide bonds. The van der Waals surface area contributed by atoms with E-state index >= 15 is 0 Å². The molecule has 1 aromatic heterocycles. The van der Waals surface area contributed by atoms with E-state index in [1.807, 2.05) is 0 Å². The lowest BCUT2D eigenvalue weighted by molar-refractivity contribution is -0.384. The highest BCUT2D eigenvalue weighted by molar-refractivity contribution is 7.93. The maximum Gasteiger partial charge on any atom is 0.416 e. The Bertz CT molecular complexity index is 1690. The second kappa shape index (κ2) is 11.8. The number of nitro benzene ring substituents is 1. The van der Waals surface area contributed by atoms with Crippen LogP contribution in [0.15, 0.2) is 65.8 Å². The fraction of sp³-hybridized carbons (Fsp3) is 0.167. The third kappa shape index (κ3) is 6.44. The van der Waals surface area contributed by atoms with Gasteiger partial charge in [0.05, 0.1) is 46.9 Å². The van der Waals surface area contributed by atoms with Crippen molar-refractivity contribution >= 4 is 55.4 Å². The molecule has 216 valence electrons. The van der Waals surface area contributed by atoms with Gasteiger partial charge in [-0.15, -0.1) is 0 Å². The lowest BCUT2D eigenvalue weighted by Gasteiger charge is -2.23. The van der Waals surface area contributed by atoms with E-state index in [2.05, 4.69) is 14.7 Å². The quantitative estimate of drug-likeness (QED) is 0.159. The summed E-state index contributed by atoms with van der Waals surface area (Å²) < 4.78 is 81.9. The van der Waals surface area contributed by atoms with Crippen LogP contribution in [0.25, 0.3) is 0 Å². The second-order valence-corrected chi connectivity index (χ2v) is 11.2. The van der Waals surface area contributed by atoms with Gasteiger partial charge < -0.3 is 14.8 Å². The number of aromatic nitrogens is 2. The van der Waals surface area contributed by atoms with Crippen molar-refractivity contribution in [1.82, 2.24) is 9.36 Å². The maximum absolute atomic E-state index is 13.8. The van der Waals surface area contributed by atoms with Crippen LogP contribution in [0.5, 0.6) is 11.5 Å². The van der Waals surface area contributed by atoms with Crippen molar-refractivity contribution in [2.45, 2.75) is 17.6 Å². The number of hydrogen-bond donors (Lipinski definition) is 1. The van der Waals surface area contributed by atoms with Crippen molar-refractivity contribution in [3.8, 4) is 11.5 Å². The minimum atomic E-state index is -4.64. The normalized spacial score (nSPS) is 11.7.